The SMILES string of the molecule is [B]C1CCC(c2ccc(OC(=O)C3CCC(C4CCCCC4)CC3)cc2)CC1. The topological polar surface area (TPSA) is 26.3 Å². The van der Waals surface area contributed by atoms with Crippen LogP contribution in [0.2, 0.25) is 5.82 Å². The molecule has 3 fully saturated rings. The van der Waals surface area contributed by atoms with Crippen molar-refractivity contribution < 1.29 is 9.53 Å². The molecule has 3 aliphatic rings. The highest BCUT2D eigenvalue weighted by Gasteiger charge is 2.32. The van der Waals surface area contributed by atoms with Crippen molar-refractivity contribution >= 4 is 13.8 Å². The van der Waals surface area contributed by atoms with E-state index in [0.717, 1.165) is 37.5 Å². The van der Waals surface area contributed by atoms with Crippen LogP contribution in [-0.4, -0.2) is 13.8 Å². The molecule has 3 heteroatoms. The summed E-state index contributed by atoms with van der Waals surface area (Å²) in [6.07, 6.45) is 16.1. The maximum absolute atomic E-state index is 12.6. The van der Waals surface area contributed by atoms with Gasteiger partial charge in [0, 0.05) is 0 Å². The average molecular weight is 378 g/mol. The molecular formula is C25H35BO2. The first-order valence-corrected chi connectivity index (χ1v) is 11.8. The smallest absolute Gasteiger partial charge is 0.314 e. The summed E-state index contributed by atoms with van der Waals surface area (Å²) in [5.41, 5.74) is 1.36. The van der Waals surface area contributed by atoms with Crippen molar-refractivity contribution in [1.29, 1.82) is 0 Å². The lowest BCUT2D eigenvalue weighted by Gasteiger charge is -2.35. The Morgan fingerprint density at radius 3 is 2.00 bits per heavy atom. The van der Waals surface area contributed by atoms with Gasteiger partial charge in [-0.25, -0.2) is 0 Å². The third kappa shape index (κ3) is 5.02. The van der Waals surface area contributed by atoms with Gasteiger partial charge in [0.1, 0.15) is 5.75 Å². The van der Waals surface area contributed by atoms with Crippen molar-refractivity contribution in [2.75, 3.05) is 0 Å². The van der Waals surface area contributed by atoms with Crippen molar-refractivity contribution in [1.82, 2.24) is 0 Å². The van der Waals surface area contributed by atoms with E-state index in [1.165, 1.54) is 63.4 Å². The van der Waals surface area contributed by atoms with E-state index in [1.807, 2.05) is 12.1 Å². The first-order valence-electron chi connectivity index (χ1n) is 11.8. The Bertz CT molecular complexity index is 618. The van der Waals surface area contributed by atoms with Crippen LogP contribution < -0.4 is 4.74 Å². The van der Waals surface area contributed by atoms with E-state index in [2.05, 4.69) is 12.1 Å². The van der Waals surface area contributed by atoms with Gasteiger partial charge in [-0.1, -0.05) is 62.9 Å². The predicted molar refractivity (Wildman–Crippen MR) is 115 cm³/mol. The van der Waals surface area contributed by atoms with Crippen LogP contribution in [0.1, 0.15) is 95.0 Å². The molecule has 0 atom stereocenters. The summed E-state index contributed by atoms with van der Waals surface area (Å²) < 4.78 is 5.74. The molecule has 0 heterocycles. The second-order valence-electron chi connectivity index (χ2n) is 9.61. The molecule has 3 saturated carbocycles. The molecule has 0 saturated heterocycles. The zero-order chi connectivity index (χ0) is 19.3. The Morgan fingerprint density at radius 2 is 1.36 bits per heavy atom. The van der Waals surface area contributed by atoms with Gasteiger partial charge in [-0.2, -0.15) is 0 Å². The highest BCUT2D eigenvalue weighted by Crippen LogP contribution is 2.40. The lowest BCUT2D eigenvalue weighted by Crippen LogP contribution is -2.29. The number of ether oxygens (including phenoxy) is 1. The fraction of sp³-hybridized carbons (Fsp3) is 0.720. The number of carbonyl (C=O) groups is 1. The van der Waals surface area contributed by atoms with Gasteiger partial charge in [-0.3, -0.25) is 4.79 Å². The van der Waals surface area contributed by atoms with Gasteiger partial charge in [0.05, 0.1) is 13.8 Å². The molecule has 4 rings (SSSR count). The molecule has 28 heavy (non-hydrogen) atoms. The number of hydrogen-bond acceptors (Lipinski definition) is 2. The fourth-order valence-corrected chi connectivity index (χ4v) is 5.89. The lowest BCUT2D eigenvalue weighted by atomic mass is 9.70. The van der Waals surface area contributed by atoms with Crippen LogP contribution in [0.25, 0.3) is 0 Å². The van der Waals surface area contributed by atoms with Crippen molar-refractivity contribution in [3.05, 3.63) is 29.8 Å². The van der Waals surface area contributed by atoms with E-state index >= 15 is 0 Å². The third-order valence-electron chi connectivity index (χ3n) is 7.76. The van der Waals surface area contributed by atoms with Crippen LogP contribution in [0.15, 0.2) is 24.3 Å². The summed E-state index contributed by atoms with van der Waals surface area (Å²) in [4.78, 5) is 12.6. The lowest BCUT2D eigenvalue weighted by molar-refractivity contribution is -0.140. The van der Waals surface area contributed by atoms with Crippen LogP contribution in [0, 0.1) is 17.8 Å². The number of hydrogen-bond donors (Lipinski definition) is 0. The van der Waals surface area contributed by atoms with Gasteiger partial charge in [-0.15, -0.1) is 0 Å². The maximum atomic E-state index is 12.6. The number of esters is 1. The summed E-state index contributed by atoms with van der Waals surface area (Å²) >= 11 is 0. The van der Waals surface area contributed by atoms with Crippen LogP contribution >= 0.6 is 0 Å². The van der Waals surface area contributed by atoms with E-state index < -0.39 is 0 Å². The molecule has 1 aromatic rings. The number of rotatable bonds is 4. The summed E-state index contributed by atoms with van der Waals surface area (Å²) in [5.74, 6) is 3.55. The minimum Gasteiger partial charge on any atom is -0.426 e. The molecule has 150 valence electrons. The van der Waals surface area contributed by atoms with Crippen LogP contribution in [0.5, 0.6) is 5.75 Å². The Labute approximate surface area is 172 Å². The first kappa shape index (κ1) is 20.0. The predicted octanol–water partition coefficient (Wildman–Crippen LogP) is 6.59. The van der Waals surface area contributed by atoms with E-state index in [9.17, 15) is 4.79 Å². The third-order valence-corrected chi connectivity index (χ3v) is 7.76. The van der Waals surface area contributed by atoms with Gasteiger partial charge < -0.3 is 4.74 Å². The van der Waals surface area contributed by atoms with Crippen molar-refractivity contribution in [2.45, 2.75) is 95.2 Å². The quantitative estimate of drug-likeness (QED) is 0.335. The highest BCUT2D eigenvalue weighted by atomic mass is 16.5. The first-order chi connectivity index (χ1) is 13.7. The molecule has 2 nitrogen and oxygen atoms in total. The van der Waals surface area contributed by atoms with Crippen LogP contribution in [0.3, 0.4) is 0 Å². The van der Waals surface area contributed by atoms with Crippen molar-refractivity contribution in [2.24, 2.45) is 17.8 Å². The van der Waals surface area contributed by atoms with Gasteiger partial charge in [0.25, 0.3) is 0 Å². The Morgan fingerprint density at radius 1 is 0.750 bits per heavy atom. The Hall–Kier alpha value is -1.25. The van der Waals surface area contributed by atoms with Gasteiger partial charge in [0.15, 0.2) is 0 Å². The number of benzene rings is 1. The van der Waals surface area contributed by atoms with E-state index in [4.69, 9.17) is 12.6 Å². The minimum atomic E-state index is -0.0153. The largest absolute Gasteiger partial charge is 0.426 e. The summed E-state index contributed by atoms with van der Waals surface area (Å²) in [6.45, 7) is 0. The van der Waals surface area contributed by atoms with Gasteiger partial charge in [0.2, 0.25) is 0 Å². The van der Waals surface area contributed by atoms with Crippen LogP contribution in [-0.2, 0) is 4.79 Å². The summed E-state index contributed by atoms with van der Waals surface area (Å²) in [5, 5.41) is 0. The molecule has 2 radical (unpaired) electrons. The maximum Gasteiger partial charge on any atom is 0.314 e. The number of carbonyl (C=O) groups excluding carboxylic acids is 1. The van der Waals surface area contributed by atoms with Crippen molar-refractivity contribution in [3.8, 4) is 5.75 Å². The zero-order valence-electron chi connectivity index (χ0n) is 17.3. The molecule has 0 aliphatic heterocycles. The van der Waals surface area contributed by atoms with E-state index in [0.29, 0.717) is 17.5 Å². The average Bonchev–Trinajstić information content (AvgIpc) is 2.76. The second-order valence-corrected chi connectivity index (χ2v) is 9.61. The standard InChI is InChI=1S/C25H35BO2/c26-23-14-10-20(11-15-23)21-12-16-24(17-13-21)28-25(27)22-8-6-19(7-9-22)18-4-2-1-3-5-18/h12-13,16-20,22-23H,1-11,14-15H2. The van der Waals surface area contributed by atoms with Crippen LogP contribution in [0.4, 0.5) is 0 Å². The Balaban J connectivity index is 1.25. The Kier molecular flexibility index (Phi) is 6.80. The molecule has 0 bridgehead atoms. The monoisotopic (exact) mass is 378 g/mol. The normalized spacial score (nSPS) is 32.0. The summed E-state index contributed by atoms with van der Waals surface area (Å²) in [6, 6.07) is 8.25. The minimum absolute atomic E-state index is 0.0153. The van der Waals surface area contributed by atoms with Crippen molar-refractivity contribution in [3.63, 3.8) is 0 Å². The molecule has 0 N–H and O–H groups in total. The fourth-order valence-electron chi connectivity index (χ4n) is 5.89. The van der Waals surface area contributed by atoms with Gasteiger partial charge >= 0.3 is 5.97 Å². The summed E-state index contributed by atoms with van der Waals surface area (Å²) in [7, 11) is 6.02. The molecule has 0 unspecified atom stereocenters. The van der Waals surface area contributed by atoms with E-state index in [-0.39, 0.29) is 11.9 Å². The van der Waals surface area contributed by atoms with Gasteiger partial charge in [-0.05, 0) is 74.0 Å². The highest BCUT2D eigenvalue weighted by molar-refractivity contribution is 6.11. The second kappa shape index (κ2) is 9.50. The molecule has 0 aromatic heterocycles. The van der Waals surface area contributed by atoms with E-state index in [1.54, 1.807) is 0 Å². The molecule has 1 aromatic carbocycles. The molecule has 0 amide bonds. The molecule has 3 aliphatic carbocycles. The molecular weight excluding hydrogens is 343 g/mol. The molecule has 0 spiro atoms. The zero-order valence-corrected chi connectivity index (χ0v) is 17.3.